The van der Waals surface area contributed by atoms with E-state index >= 15 is 0 Å². The summed E-state index contributed by atoms with van der Waals surface area (Å²) in [4.78, 5) is 57.1. The number of phenols is 1. The van der Waals surface area contributed by atoms with E-state index in [0.29, 0.717) is 16.7 Å². The zero-order valence-electron chi connectivity index (χ0n) is 21.7. The quantitative estimate of drug-likeness (QED) is 0.282. The van der Waals surface area contributed by atoms with Crippen LogP contribution in [0.15, 0.2) is 53.6 Å². The van der Waals surface area contributed by atoms with Crippen molar-refractivity contribution < 1.29 is 39.6 Å². The topological polar surface area (TPSA) is 203 Å². The van der Waals surface area contributed by atoms with E-state index in [0.717, 1.165) is 0 Å². The van der Waals surface area contributed by atoms with E-state index in [2.05, 4.69) is 10.3 Å². The summed E-state index contributed by atoms with van der Waals surface area (Å²) in [5.41, 5.74) is 2.90. The summed E-state index contributed by atoms with van der Waals surface area (Å²) in [5.74, 6) is -7.51. The minimum absolute atomic E-state index is 0.0249. The molecule has 12 heteroatoms. The third-order valence-electron chi connectivity index (χ3n) is 8.06. The second-order valence-electron chi connectivity index (χ2n) is 10.5. The maximum Gasteiger partial charge on any atom is 0.255 e. The van der Waals surface area contributed by atoms with Gasteiger partial charge in [-0.25, -0.2) is 0 Å². The molecule has 0 aliphatic heterocycles. The molecule has 3 aliphatic rings. The first-order valence-electron chi connectivity index (χ1n) is 12.6. The van der Waals surface area contributed by atoms with E-state index in [1.165, 1.54) is 37.5 Å². The lowest BCUT2D eigenvalue weighted by atomic mass is 9.57. The standard InChI is InChI=1S/C28H28N4O8/c1-32(2)21-16-9-14-8-15-12(11-31-27(39)13-4-3-7-30-10-13)5-6-17(33)19(15)22(34)18(14)24(36)28(16,40)25(37)20(23(21)35)26(29)38/h3-7,10,14,16,21,33-34,37,40H,8-9,11H2,1-2H3,(H2,29,38)(H,31,39)/t14-,16-,21-,28-/m0/s1. The number of pyridine rings is 1. The fourth-order valence-electron chi connectivity index (χ4n) is 6.25. The van der Waals surface area contributed by atoms with E-state index in [-0.39, 0.29) is 42.2 Å². The smallest absolute Gasteiger partial charge is 0.255 e. The Hall–Kier alpha value is -4.55. The molecule has 5 rings (SSSR count). The average Bonchev–Trinajstić information content (AvgIpc) is 2.90. The van der Waals surface area contributed by atoms with Crippen LogP contribution in [-0.2, 0) is 27.3 Å². The van der Waals surface area contributed by atoms with Gasteiger partial charge < -0.3 is 31.5 Å². The third-order valence-corrected chi connectivity index (χ3v) is 8.06. The number of aromatic hydroxyl groups is 1. The van der Waals surface area contributed by atoms with Crippen molar-refractivity contribution in [3.63, 3.8) is 0 Å². The van der Waals surface area contributed by atoms with Crippen molar-refractivity contribution in [3.8, 4) is 5.75 Å². The Morgan fingerprint density at radius 3 is 2.52 bits per heavy atom. The van der Waals surface area contributed by atoms with Crippen molar-refractivity contribution in [2.24, 2.45) is 17.6 Å². The molecule has 2 aromatic rings. The number of hydrogen-bond acceptors (Lipinski definition) is 10. The van der Waals surface area contributed by atoms with Gasteiger partial charge in [-0.15, -0.1) is 0 Å². The third kappa shape index (κ3) is 3.87. The Balaban J connectivity index is 1.59. The van der Waals surface area contributed by atoms with Crippen molar-refractivity contribution in [1.29, 1.82) is 0 Å². The van der Waals surface area contributed by atoms with E-state index in [1.807, 2.05) is 0 Å². The van der Waals surface area contributed by atoms with E-state index in [9.17, 15) is 39.6 Å². The lowest BCUT2D eigenvalue weighted by Crippen LogP contribution is -2.65. The number of aliphatic hydroxyl groups excluding tert-OH is 2. The number of aromatic nitrogens is 1. The molecule has 0 saturated heterocycles. The highest BCUT2D eigenvalue weighted by atomic mass is 16.3. The van der Waals surface area contributed by atoms with Crippen LogP contribution in [0.4, 0.5) is 0 Å². The molecule has 2 amide bonds. The average molecular weight is 549 g/mol. The molecule has 1 heterocycles. The van der Waals surface area contributed by atoms with Crippen LogP contribution in [0.25, 0.3) is 5.76 Å². The number of likely N-dealkylation sites (N-methyl/N-ethyl adjacent to an activating group) is 1. The van der Waals surface area contributed by atoms with Crippen molar-refractivity contribution in [2.45, 2.75) is 31.0 Å². The number of fused-ring (bicyclic) bond motifs is 3. The van der Waals surface area contributed by atoms with Crippen LogP contribution >= 0.6 is 0 Å². The molecule has 0 radical (unpaired) electrons. The normalized spacial score (nSPS) is 25.9. The first-order chi connectivity index (χ1) is 18.9. The Morgan fingerprint density at radius 2 is 1.90 bits per heavy atom. The Kier molecular flexibility index (Phi) is 6.47. The molecule has 4 atom stereocenters. The van der Waals surface area contributed by atoms with E-state index in [1.54, 1.807) is 18.2 Å². The van der Waals surface area contributed by atoms with Gasteiger partial charge in [0.1, 0.15) is 22.8 Å². The largest absolute Gasteiger partial charge is 0.508 e. The first-order valence-corrected chi connectivity index (χ1v) is 12.6. The predicted octanol–water partition coefficient (Wildman–Crippen LogP) is 0.289. The molecule has 1 aromatic heterocycles. The fourth-order valence-corrected chi connectivity index (χ4v) is 6.25. The molecule has 12 nitrogen and oxygen atoms in total. The van der Waals surface area contributed by atoms with Gasteiger partial charge in [0.2, 0.25) is 5.78 Å². The number of amides is 2. The summed E-state index contributed by atoms with van der Waals surface area (Å²) in [7, 11) is 3.07. The SMILES string of the molecule is CN(C)[C@@H]1C(=O)C(C(N)=O)=C(O)[C@@]2(O)C(=O)C3=C(O)c4c(O)ccc(CNC(=O)c5cccnc5)c4C[C@H]3C[C@@H]12. The van der Waals surface area contributed by atoms with Gasteiger partial charge in [0.05, 0.1) is 17.2 Å². The molecule has 1 saturated carbocycles. The maximum atomic E-state index is 13.9. The zero-order chi connectivity index (χ0) is 29.1. The van der Waals surface area contributed by atoms with Gasteiger partial charge in [0.25, 0.3) is 11.8 Å². The Morgan fingerprint density at radius 1 is 1.18 bits per heavy atom. The monoisotopic (exact) mass is 548 g/mol. The van der Waals surface area contributed by atoms with Crippen molar-refractivity contribution in [3.05, 3.63) is 75.8 Å². The molecule has 0 unspecified atom stereocenters. The predicted molar refractivity (Wildman–Crippen MR) is 140 cm³/mol. The van der Waals surface area contributed by atoms with Crippen LogP contribution in [0, 0.1) is 11.8 Å². The van der Waals surface area contributed by atoms with Crippen LogP contribution in [0.1, 0.15) is 33.5 Å². The summed E-state index contributed by atoms with van der Waals surface area (Å²) in [5, 5.41) is 47.3. The number of carbonyl (C=O) groups is 4. The number of aliphatic hydroxyl groups is 3. The molecule has 1 aromatic carbocycles. The second kappa shape index (κ2) is 9.57. The fraction of sp³-hybridized carbons (Fsp3) is 0.321. The number of benzene rings is 1. The van der Waals surface area contributed by atoms with Gasteiger partial charge in [0.15, 0.2) is 11.4 Å². The van der Waals surface area contributed by atoms with E-state index < -0.39 is 58.0 Å². The molecule has 0 spiro atoms. The molecule has 3 aliphatic carbocycles. The van der Waals surface area contributed by atoms with Crippen LogP contribution in [-0.4, -0.2) is 79.4 Å². The lowest BCUT2D eigenvalue weighted by molar-refractivity contribution is -0.153. The van der Waals surface area contributed by atoms with Gasteiger partial charge in [-0.2, -0.15) is 0 Å². The van der Waals surface area contributed by atoms with Gasteiger partial charge in [-0.1, -0.05) is 6.07 Å². The number of nitrogens with one attached hydrogen (secondary N) is 1. The van der Waals surface area contributed by atoms with Gasteiger partial charge in [-0.3, -0.25) is 29.1 Å². The number of hydrogen-bond donors (Lipinski definition) is 6. The highest BCUT2D eigenvalue weighted by Crippen LogP contribution is 2.52. The lowest BCUT2D eigenvalue weighted by Gasteiger charge is -2.50. The molecule has 1 fully saturated rings. The molecule has 40 heavy (non-hydrogen) atoms. The molecular formula is C28H28N4O8. The van der Waals surface area contributed by atoms with Gasteiger partial charge in [-0.05, 0) is 62.2 Å². The number of nitrogens with zero attached hydrogens (tertiary/aromatic N) is 2. The summed E-state index contributed by atoms with van der Waals surface area (Å²) < 4.78 is 0. The summed E-state index contributed by atoms with van der Waals surface area (Å²) >= 11 is 0. The van der Waals surface area contributed by atoms with Crippen molar-refractivity contribution in [1.82, 2.24) is 15.2 Å². The van der Waals surface area contributed by atoms with Crippen LogP contribution in [0.5, 0.6) is 5.75 Å². The van der Waals surface area contributed by atoms with Crippen LogP contribution in [0.2, 0.25) is 0 Å². The van der Waals surface area contributed by atoms with Crippen LogP contribution < -0.4 is 11.1 Å². The number of primary amides is 1. The maximum absolute atomic E-state index is 13.9. The summed E-state index contributed by atoms with van der Waals surface area (Å²) in [6, 6.07) is 4.97. The van der Waals surface area contributed by atoms with Crippen molar-refractivity contribution >= 4 is 29.1 Å². The number of Topliss-reactive ketones (excluding diaryl/α,β-unsaturated/α-hetero) is 2. The number of nitrogens with two attached hydrogens (primary N) is 1. The minimum Gasteiger partial charge on any atom is -0.508 e. The van der Waals surface area contributed by atoms with E-state index in [4.69, 9.17) is 5.73 Å². The highest BCUT2D eigenvalue weighted by Gasteiger charge is 2.64. The number of carbonyl (C=O) groups excluding carboxylic acids is 4. The molecular weight excluding hydrogens is 520 g/mol. The molecule has 0 bridgehead atoms. The second-order valence-corrected chi connectivity index (χ2v) is 10.5. The number of phenolic OH excluding ortho intramolecular Hbond substituents is 1. The molecule has 7 N–H and O–H groups in total. The first kappa shape index (κ1) is 27.0. The Labute approximate surface area is 228 Å². The van der Waals surface area contributed by atoms with Crippen molar-refractivity contribution in [2.75, 3.05) is 14.1 Å². The molecule has 208 valence electrons. The van der Waals surface area contributed by atoms with Gasteiger partial charge >= 0.3 is 0 Å². The summed E-state index contributed by atoms with van der Waals surface area (Å²) in [6.45, 7) is 0.0390. The number of rotatable bonds is 5. The zero-order valence-corrected chi connectivity index (χ0v) is 21.7. The number of ketones is 2. The summed E-state index contributed by atoms with van der Waals surface area (Å²) in [6.07, 6.45) is 3.05. The van der Waals surface area contributed by atoms with Crippen LogP contribution in [0.3, 0.4) is 0 Å². The van der Waals surface area contributed by atoms with Gasteiger partial charge in [0, 0.05) is 30.4 Å². The highest BCUT2D eigenvalue weighted by molar-refractivity contribution is 6.24. The minimum atomic E-state index is -2.70. The Bertz CT molecular complexity index is 1530.